The van der Waals surface area contributed by atoms with E-state index in [2.05, 4.69) is 46.2 Å². The van der Waals surface area contributed by atoms with Gasteiger partial charge in [-0.25, -0.2) is 4.98 Å². The molecule has 2 aromatic carbocycles. The topological polar surface area (TPSA) is 135 Å². The number of aromatic amines is 1. The summed E-state index contributed by atoms with van der Waals surface area (Å²) >= 11 is 0. The van der Waals surface area contributed by atoms with Crippen LogP contribution in [-0.2, 0) is 18.0 Å². The molecule has 210 valence electrons. The van der Waals surface area contributed by atoms with E-state index in [1.165, 1.54) is 0 Å². The van der Waals surface area contributed by atoms with E-state index in [1.807, 2.05) is 47.9 Å². The van der Waals surface area contributed by atoms with Crippen LogP contribution in [-0.4, -0.2) is 45.3 Å². The van der Waals surface area contributed by atoms with Crippen LogP contribution in [0.25, 0.3) is 33.7 Å². The Morgan fingerprint density at radius 1 is 1.12 bits per heavy atom. The van der Waals surface area contributed by atoms with Crippen molar-refractivity contribution in [3.05, 3.63) is 77.0 Å². The molecule has 0 aliphatic rings. The number of hydrogen-bond donors (Lipinski definition) is 2. The minimum Gasteiger partial charge on any atom is -0.361 e. The minimum atomic E-state index is -1.26. The summed E-state index contributed by atoms with van der Waals surface area (Å²) in [5, 5.41) is 16.8. The number of H-pyrrole nitrogens is 1. The zero-order valence-electron chi connectivity index (χ0n) is 23.9. The van der Waals surface area contributed by atoms with Crippen molar-refractivity contribution < 1.29 is 14.1 Å². The van der Waals surface area contributed by atoms with Gasteiger partial charge in [0.15, 0.2) is 5.82 Å². The molecule has 5 aromatic rings. The second-order valence-electron chi connectivity index (χ2n) is 11.3. The fourth-order valence-electron chi connectivity index (χ4n) is 4.43. The first-order valence-electron chi connectivity index (χ1n) is 13.5. The van der Waals surface area contributed by atoms with Crippen molar-refractivity contribution in [3.63, 3.8) is 0 Å². The maximum atomic E-state index is 13.4. The summed E-state index contributed by atoms with van der Waals surface area (Å²) in [7, 11) is -1.26. The predicted octanol–water partition coefficient (Wildman–Crippen LogP) is 5.81. The fraction of sp³-hybridized carbons (Fsp3) is 0.300. The van der Waals surface area contributed by atoms with Crippen LogP contribution in [0.3, 0.4) is 0 Å². The molecule has 0 unspecified atom stereocenters. The Bertz CT molecular complexity index is 1740. The molecule has 11 heteroatoms. The van der Waals surface area contributed by atoms with Crippen molar-refractivity contribution in [2.45, 2.75) is 52.8 Å². The molecule has 0 spiro atoms. The van der Waals surface area contributed by atoms with Crippen LogP contribution in [0.1, 0.15) is 33.3 Å². The number of fused-ring (bicyclic) bond motifs is 1. The molecule has 5 rings (SSSR count). The second kappa shape index (κ2) is 11.5. The van der Waals surface area contributed by atoms with Gasteiger partial charge in [-0.15, -0.1) is 0 Å². The molecule has 0 aliphatic heterocycles. The molecule has 0 saturated heterocycles. The molecule has 3 aromatic heterocycles. The van der Waals surface area contributed by atoms with E-state index in [4.69, 9.17) is 19.5 Å². The minimum absolute atomic E-state index is 0.232. The quantitative estimate of drug-likeness (QED) is 0.161. The summed E-state index contributed by atoms with van der Waals surface area (Å²) in [5.74, 6) is 0.986. The molecule has 0 fully saturated rings. The molecule has 10 nitrogen and oxygen atoms in total. The zero-order valence-corrected chi connectivity index (χ0v) is 24.9. The predicted molar refractivity (Wildman–Crippen MR) is 159 cm³/mol. The number of benzene rings is 2. The van der Waals surface area contributed by atoms with E-state index in [0.717, 1.165) is 39.5 Å². The lowest BCUT2D eigenvalue weighted by atomic mass is 10.1. The Morgan fingerprint density at radius 2 is 1.90 bits per heavy atom. The van der Waals surface area contributed by atoms with Gasteiger partial charge in [-0.05, 0) is 55.8 Å². The summed E-state index contributed by atoms with van der Waals surface area (Å²) in [6, 6.07) is 18.2. The van der Waals surface area contributed by atoms with Gasteiger partial charge in [0, 0.05) is 43.4 Å². The SMILES string of the molecule is Cc1noc(-c2cc3cc(-c4nc(C(=O)NCc5ccc(C#N)cc5)n(COCC[Si](C)(C)C)c4C)ccc3[nH]2)n1. The number of nitrogens with one attached hydrogen (secondary N) is 2. The summed E-state index contributed by atoms with van der Waals surface area (Å²) < 4.78 is 13.2. The average Bonchev–Trinajstić information content (AvgIpc) is 3.66. The number of nitrogens with zero attached hydrogens (tertiary/aromatic N) is 5. The summed E-state index contributed by atoms with van der Waals surface area (Å²) in [4.78, 5) is 25.8. The Kier molecular flexibility index (Phi) is 7.87. The number of aryl methyl sites for hydroxylation is 1. The first-order valence-corrected chi connectivity index (χ1v) is 17.2. The maximum absolute atomic E-state index is 13.4. The maximum Gasteiger partial charge on any atom is 0.287 e. The van der Waals surface area contributed by atoms with Gasteiger partial charge in [-0.2, -0.15) is 10.2 Å². The van der Waals surface area contributed by atoms with Crippen LogP contribution < -0.4 is 5.32 Å². The monoisotopic (exact) mass is 567 g/mol. The Morgan fingerprint density at radius 3 is 2.59 bits per heavy atom. The number of carbonyl (C=O) groups excluding carboxylic acids is 1. The number of nitriles is 1. The summed E-state index contributed by atoms with van der Waals surface area (Å²) in [6.45, 7) is 11.8. The van der Waals surface area contributed by atoms with Gasteiger partial charge in [-0.3, -0.25) is 9.36 Å². The highest BCUT2D eigenvalue weighted by atomic mass is 28.3. The van der Waals surface area contributed by atoms with E-state index in [9.17, 15) is 4.79 Å². The summed E-state index contributed by atoms with van der Waals surface area (Å²) in [6.07, 6.45) is 0. The Hall–Kier alpha value is -4.53. The lowest BCUT2D eigenvalue weighted by Gasteiger charge is -2.16. The molecule has 0 aliphatic carbocycles. The van der Waals surface area contributed by atoms with Gasteiger partial charge in [-0.1, -0.05) is 43.0 Å². The molecule has 0 radical (unpaired) electrons. The van der Waals surface area contributed by atoms with E-state index < -0.39 is 8.07 Å². The summed E-state index contributed by atoms with van der Waals surface area (Å²) in [5.41, 5.74) is 5.55. The standard InChI is InChI=1S/C30H33N7O3Si/c1-19-27(23-10-11-25-24(14-23)15-26(34-25)30-33-20(2)36-40-30)35-28(37(19)18-39-12-13-41(3,4)5)29(38)32-17-22-8-6-21(16-31)7-9-22/h6-11,14-15,34H,12-13,17-18H2,1-5H3,(H,32,38). The Balaban J connectivity index is 1.43. The molecule has 0 bridgehead atoms. The molecular formula is C30H33N7O3Si. The van der Waals surface area contributed by atoms with Gasteiger partial charge in [0.2, 0.25) is 5.82 Å². The van der Waals surface area contributed by atoms with Gasteiger partial charge in [0.25, 0.3) is 11.8 Å². The number of carbonyl (C=O) groups is 1. The third kappa shape index (κ3) is 6.45. The van der Waals surface area contributed by atoms with Crippen LogP contribution in [0.2, 0.25) is 25.7 Å². The van der Waals surface area contributed by atoms with Crippen molar-refractivity contribution in [2.24, 2.45) is 0 Å². The van der Waals surface area contributed by atoms with Crippen molar-refractivity contribution in [1.29, 1.82) is 5.26 Å². The first-order chi connectivity index (χ1) is 19.6. The van der Waals surface area contributed by atoms with Crippen LogP contribution in [0, 0.1) is 25.2 Å². The van der Waals surface area contributed by atoms with E-state index in [-0.39, 0.29) is 18.5 Å². The number of rotatable bonds is 10. The number of ether oxygens (including phenoxy) is 1. The molecule has 1 amide bonds. The van der Waals surface area contributed by atoms with Gasteiger partial charge >= 0.3 is 0 Å². The van der Waals surface area contributed by atoms with Gasteiger partial charge in [0.05, 0.1) is 17.3 Å². The highest BCUT2D eigenvalue weighted by Gasteiger charge is 2.22. The van der Waals surface area contributed by atoms with Crippen molar-refractivity contribution in [3.8, 4) is 28.9 Å². The smallest absolute Gasteiger partial charge is 0.287 e. The molecule has 41 heavy (non-hydrogen) atoms. The number of imidazole rings is 1. The third-order valence-corrected chi connectivity index (χ3v) is 8.53. The van der Waals surface area contributed by atoms with Gasteiger partial charge in [0.1, 0.15) is 12.4 Å². The highest BCUT2D eigenvalue weighted by molar-refractivity contribution is 6.76. The lowest BCUT2D eigenvalue weighted by Crippen LogP contribution is -2.27. The molecule has 2 N–H and O–H groups in total. The molecule has 0 saturated carbocycles. The van der Waals surface area contributed by atoms with E-state index in [0.29, 0.717) is 36.1 Å². The van der Waals surface area contributed by atoms with Crippen LogP contribution in [0.15, 0.2) is 53.1 Å². The lowest BCUT2D eigenvalue weighted by molar-refractivity contribution is 0.0773. The van der Waals surface area contributed by atoms with E-state index in [1.54, 1.807) is 19.1 Å². The third-order valence-electron chi connectivity index (χ3n) is 6.83. The van der Waals surface area contributed by atoms with Crippen molar-refractivity contribution in [2.75, 3.05) is 6.61 Å². The van der Waals surface area contributed by atoms with Gasteiger partial charge < -0.3 is 19.6 Å². The molecular weight excluding hydrogens is 534 g/mol. The number of aromatic nitrogens is 5. The second-order valence-corrected chi connectivity index (χ2v) is 16.9. The van der Waals surface area contributed by atoms with Crippen LogP contribution in [0.4, 0.5) is 0 Å². The highest BCUT2D eigenvalue weighted by Crippen LogP contribution is 2.30. The van der Waals surface area contributed by atoms with Crippen LogP contribution in [0.5, 0.6) is 0 Å². The number of hydrogen-bond acceptors (Lipinski definition) is 7. The van der Waals surface area contributed by atoms with E-state index >= 15 is 0 Å². The normalized spacial score (nSPS) is 11.6. The first kappa shape index (κ1) is 28.0. The number of amides is 1. The van der Waals surface area contributed by atoms with Crippen molar-refractivity contribution >= 4 is 24.9 Å². The molecule has 3 heterocycles. The Labute approximate surface area is 239 Å². The van der Waals surface area contributed by atoms with Crippen LogP contribution >= 0.6 is 0 Å². The fourth-order valence-corrected chi connectivity index (χ4v) is 5.19. The van der Waals surface area contributed by atoms with Crippen molar-refractivity contribution in [1.82, 2.24) is 30.0 Å². The molecule has 0 atom stereocenters. The largest absolute Gasteiger partial charge is 0.361 e. The zero-order chi connectivity index (χ0) is 29.1. The average molecular weight is 568 g/mol.